The molecule has 0 aliphatic carbocycles. The van der Waals surface area contributed by atoms with Crippen molar-refractivity contribution in [2.45, 2.75) is 6.92 Å². The van der Waals surface area contributed by atoms with E-state index >= 15 is 0 Å². The summed E-state index contributed by atoms with van der Waals surface area (Å²) in [6.45, 7) is 2.55. The number of hydrogen-bond acceptors (Lipinski definition) is 5. The van der Waals surface area contributed by atoms with Crippen molar-refractivity contribution in [2.75, 3.05) is 20.8 Å². The van der Waals surface area contributed by atoms with E-state index in [4.69, 9.17) is 14.2 Å². The summed E-state index contributed by atoms with van der Waals surface area (Å²) < 4.78 is 15.7. The number of nitrogens with zero attached hydrogens (tertiary/aromatic N) is 1. The van der Waals surface area contributed by atoms with Crippen molar-refractivity contribution in [1.82, 2.24) is 5.43 Å². The van der Waals surface area contributed by atoms with Gasteiger partial charge in [-0.1, -0.05) is 0 Å². The average molecular weight is 328 g/mol. The van der Waals surface area contributed by atoms with Gasteiger partial charge in [-0.2, -0.15) is 5.10 Å². The first-order chi connectivity index (χ1) is 11.7. The smallest absolute Gasteiger partial charge is 0.271 e. The summed E-state index contributed by atoms with van der Waals surface area (Å²) >= 11 is 0. The third-order valence-electron chi connectivity index (χ3n) is 3.18. The minimum absolute atomic E-state index is 0.352. The lowest BCUT2D eigenvalue weighted by molar-refractivity contribution is 0.0954. The zero-order valence-corrected chi connectivity index (χ0v) is 13.9. The summed E-state index contributed by atoms with van der Waals surface area (Å²) in [5.74, 6) is 1.52. The van der Waals surface area contributed by atoms with Crippen LogP contribution in [0, 0.1) is 0 Å². The standard InChI is InChI=1S/C18H20N2O4/c1-4-24-15-7-5-13(6-8-15)12-19-20-18(21)14-9-16(22-2)11-17(10-14)23-3/h5-12H,4H2,1-3H3,(H,20,21)/b19-12+. The molecule has 0 aliphatic rings. The third-order valence-corrected chi connectivity index (χ3v) is 3.18. The van der Waals surface area contributed by atoms with Crippen LogP contribution in [0.2, 0.25) is 0 Å². The van der Waals surface area contributed by atoms with E-state index in [1.165, 1.54) is 14.2 Å². The molecule has 2 aromatic carbocycles. The van der Waals surface area contributed by atoms with Gasteiger partial charge in [-0.25, -0.2) is 5.43 Å². The number of methoxy groups -OCH3 is 2. The zero-order chi connectivity index (χ0) is 17.4. The van der Waals surface area contributed by atoms with E-state index in [1.54, 1.807) is 24.4 Å². The summed E-state index contributed by atoms with van der Waals surface area (Å²) in [5, 5.41) is 3.96. The second-order valence-corrected chi connectivity index (χ2v) is 4.80. The Kier molecular flexibility index (Phi) is 6.19. The Labute approximate surface area is 141 Å². The molecule has 0 saturated heterocycles. The third kappa shape index (κ3) is 4.74. The van der Waals surface area contributed by atoms with E-state index < -0.39 is 0 Å². The summed E-state index contributed by atoms with van der Waals surface area (Å²) in [4.78, 5) is 12.2. The Hall–Kier alpha value is -3.02. The van der Waals surface area contributed by atoms with Gasteiger partial charge in [0.05, 0.1) is 27.0 Å². The lowest BCUT2D eigenvalue weighted by atomic mass is 10.2. The molecule has 1 amide bonds. The zero-order valence-electron chi connectivity index (χ0n) is 13.9. The van der Waals surface area contributed by atoms with E-state index in [9.17, 15) is 4.79 Å². The van der Waals surface area contributed by atoms with Crippen molar-refractivity contribution in [3.05, 3.63) is 53.6 Å². The second-order valence-electron chi connectivity index (χ2n) is 4.80. The summed E-state index contributed by atoms with van der Waals surface area (Å²) in [6, 6.07) is 12.3. The number of hydrogen-bond donors (Lipinski definition) is 1. The molecule has 2 aromatic rings. The van der Waals surface area contributed by atoms with Crippen LogP contribution in [0.4, 0.5) is 0 Å². The highest BCUT2D eigenvalue weighted by molar-refractivity contribution is 5.95. The number of benzene rings is 2. The van der Waals surface area contributed by atoms with Crippen LogP contribution in [0.1, 0.15) is 22.8 Å². The first-order valence-electron chi connectivity index (χ1n) is 7.45. The van der Waals surface area contributed by atoms with Crippen LogP contribution in [-0.2, 0) is 0 Å². The summed E-state index contributed by atoms with van der Waals surface area (Å²) in [5.41, 5.74) is 3.73. The predicted octanol–water partition coefficient (Wildman–Crippen LogP) is 2.87. The van der Waals surface area contributed by atoms with Gasteiger partial charge in [0.25, 0.3) is 5.91 Å². The molecule has 6 heteroatoms. The lowest BCUT2D eigenvalue weighted by Crippen LogP contribution is -2.17. The Balaban J connectivity index is 2.01. The molecule has 2 rings (SSSR count). The molecule has 0 saturated carbocycles. The van der Waals surface area contributed by atoms with Gasteiger partial charge < -0.3 is 14.2 Å². The fourth-order valence-corrected chi connectivity index (χ4v) is 1.99. The van der Waals surface area contributed by atoms with E-state index in [0.717, 1.165) is 11.3 Å². The number of amides is 1. The Bertz CT molecular complexity index is 689. The van der Waals surface area contributed by atoms with Gasteiger partial charge in [0.15, 0.2) is 0 Å². The monoisotopic (exact) mass is 328 g/mol. The van der Waals surface area contributed by atoms with Crippen LogP contribution in [0.3, 0.4) is 0 Å². The van der Waals surface area contributed by atoms with Crippen LogP contribution in [0.15, 0.2) is 47.6 Å². The number of carbonyl (C=O) groups is 1. The summed E-state index contributed by atoms with van der Waals surface area (Å²) in [7, 11) is 3.06. The molecule has 24 heavy (non-hydrogen) atoms. The van der Waals surface area contributed by atoms with E-state index in [1.807, 2.05) is 31.2 Å². The second kappa shape index (κ2) is 8.57. The molecule has 126 valence electrons. The van der Waals surface area contributed by atoms with Gasteiger partial charge in [0.1, 0.15) is 17.2 Å². The Morgan fingerprint density at radius 3 is 2.21 bits per heavy atom. The molecule has 0 atom stereocenters. The van der Waals surface area contributed by atoms with Gasteiger partial charge in [-0.15, -0.1) is 0 Å². The maximum absolute atomic E-state index is 12.2. The Morgan fingerprint density at radius 1 is 1.04 bits per heavy atom. The van der Waals surface area contributed by atoms with Crippen molar-refractivity contribution in [1.29, 1.82) is 0 Å². The fraction of sp³-hybridized carbons (Fsp3) is 0.222. The molecule has 0 unspecified atom stereocenters. The largest absolute Gasteiger partial charge is 0.497 e. The maximum Gasteiger partial charge on any atom is 0.271 e. The highest BCUT2D eigenvalue weighted by Gasteiger charge is 2.09. The van der Waals surface area contributed by atoms with Crippen molar-refractivity contribution in [2.24, 2.45) is 5.10 Å². The first-order valence-corrected chi connectivity index (χ1v) is 7.45. The van der Waals surface area contributed by atoms with Gasteiger partial charge in [-0.3, -0.25) is 4.79 Å². The molecule has 0 fully saturated rings. The van der Waals surface area contributed by atoms with E-state index in [-0.39, 0.29) is 5.91 Å². The molecule has 0 spiro atoms. The molecular weight excluding hydrogens is 308 g/mol. The SMILES string of the molecule is CCOc1ccc(/C=N/NC(=O)c2cc(OC)cc(OC)c2)cc1. The molecule has 0 bridgehead atoms. The molecule has 0 aromatic heterocycles. The maximum atomic E-state index is 12.2. The minimum Gasteiger partial charge on any atom is -0.497 e. The quantitative estimate of drug-likeness (QED) is 0.627. The average Bonchev–Trinajstić information content (AvgIpc) is 2.62. The molecule has 1 N–H and O–H groups in total. The van der Waals surface area contributed by atoms with Crippen molar-refractivity contribution in [3.63, 3.8) is 0 Å². The van der Waals surface area contributed by atoms with Crippen LogP contribution in [0.25, 0.3) is 0 Å². The van der Waals surface area contributed by atoms with Gasteiger partial charge in [-0.05, 0) is 48.9 Å². The van der Waals surface area contributed by atoms with Crippen LogP contribution >= 0.6 is 0 Å². The molecule has 6 nitrogen and oxygen atoms in total. The number of ether oxygens (including phenoxy) is 3. The van der Waals surface area contributed by atoms with Crippen LogP contribution < -0.4 is 19.6 Å². The van der Waals surface area contributed by atoms with Crippen LogP contribution in [0.5, 0.6) is 17.2 Å². The molecule has 0 heterocycles. The molecule has 0 radical (unpaired) electrons. The normalized spacial score (nSPS) is 10.5. The number of nitrogens with one attached hydrogen (secondary N) is 1. The van der Waals surface area contributed by atoms with E-state index in [0.29, 0.717) is 23.7 Å². The predicted molar refractivity (Wildman–Crippen MR) is 92.2 cm³/mol. The number of carbonyl (C=O) groups excluding carboxylic acids is 1. The minimum atomic E-state index is -0.352. The summed E-state index contributed by atoms with van der Waals surface area (Å²) in [6.07, 6.45) is 1.56. The topological polar surface area (TPSA) is 69.2 Å². The molecule has 0 aliphatic heterocycles. The highest BCUT2D eigenvalue weighted by atomic mass is 16.5. The van der Waals surface area contributed by atoms with Crippen molar-refractivity contribution in [3.8, 4) is 17.2 Å². The number of hydrazone groups is 1. The van der Waals surface area contributed by atoms with Gasteiger partial charge in [0.2, 0.25) is 0 Å². The van der Waals surface area contributed by atoms with Crippen LogP contribution in [-0.4, -0.2) is 32.9 Å². The van der Waals surface area contributed by atoms with Gasteiger partial charge in [0, 0.05) is 11.6 Å². The number of rotatable bonds is 7. The van der Waals surface area contributed by atoms with Crippen molar-refractivity contribution < 1.29 is 19.0 Å². The van der Waals surface area contributed by atoms with E-state index in [2.05, 4.69) is 10.5 Å². The lowest BCUT2D eigenvalue weighted by Gasteiger charge is -2.07. The fourth-order valence-electron chi connectivity index (χ4n) is 1.99. The first kappa shape index (κ1) is 17.3. The highest BCUT2D eigenvalue weighted by Crippen LogP contribution is 2.22. The van der Waals surface area contributed by atoms with Crippen molar-refractivity contribution >= 4 is 12.1 Å². The molecular formula is C18H20N2O4. The van der Waals surface area contributed by atoms with Gasteiger partial charge >= 0.3 is 0 Å². The Morgan fingerprint density at radius 2 is 1.67 bits per heavy atom.